The van der Waals surface area contributed by atoms with Gasteiger partial charge in [-0.15, -0.1) is 0 Å². The molecule has 0 aliphatic carbocycles. The van der Waals surface area contributed by atoms with Crippen LogP contribution in [0.15, 0.2) is 36.4 Å². The quantitative estimate of drug-likeness (QED) is 0.857. The van der Waals surface area contributed by atoms with E-state index >= 15 is 0 Å². The van der Waals surface area contributed by atoms with Crippen LogP contribution >= 0.6 is 11.6 Å². The maximum Gasteiger partial charge on any atom is 0.321 e. The van der Waals surface area contributed by atoms with Crippen LogP contribution in [0.4, 0.5) is 20.6 Å². The summed E-state index contributed by atoms with van der Waals surface area (Å²) in [4.78, 5) is 16.4. The molecule has 0 atom stereocenters. The number of benzene rings is 2. The van der Waals surface area contributed by atoms with Crippen LogP contribution in [0, 0.1) is 19.7 Å². The zero-order chi connectivity index (χ0) is 18.0. The second-order valence-electron chi connectivity index (χ2n) is 6.32. The molecule has 1 N–H and O–H groups in total. The zero-order valence-electron chi connectivity index (χ0n) is 14.4. The summed E-state index contributed by atoms with van der Waals surface area (Å²) < 4.78 is 13.2. The number of hydrogen-bond acceptors (Lipinski definition) is 2. The van der Waals surface area contributed by atoms with E-state index in [1.807, 2.05) is 0 Å². The number of carbonyl (C=O) groups is 1. The Bertz CT molecular complexity index is 788. The Morgan fingerprint density at radius 1 is 1.08 bits per heavy atom. The van der Waals surface area contributed by atoms with Gasteiger partial charge in [0.05, 0.1) is 5.02 Å². The van der Waals surface area contributed by atoms with Gasteiger partial charge in [-0.25, -0.2) is 9.18 Å². The number of anilines is 2. The van der Waals surface area contributed by atoms with Crippen LogP contribution in [0.5, 0.6) is 0 Å². The summed E-state index contributed by atoms with van der Waals surface area (Å²) >= 11 is 5.75. The summed E-state index contributed by atoms with van der Waals surface area (Å²) in [7, 11) is 0. The molecule has 1 aliphatic heterocycles. The van der Waals surface area contributed by atoms with Gasteiger partial charge in [0.15, 0.2) is 0 Å². The molecule has 0 bridgehead atoms. The van der Waals surface area contributed by atoms with Crippen molar-refractivity contribution < 1.29 is 9.18 Å². The second kappa shape index (κ2) is 7.31. The molecule has 0 saturated carbocycles. The molecule has 4 nitrogen and oxygen atoms in total. The van der Waals surface area contributed by atoms with E-state index in [-0.39, 0.29) is 11.1 Å². The Labute approximate surface area is 152 Å². The summed E-state index contributed by atoms with van der Waals surface area (Å²) in [6.07, 6.45) is 0. The Kier molecular flexibility index (Phi) is 5.13. The van der Waals surface area contributed by atoms with Crippen LogP contribution in [0.25, 0.3) is 0 Å². The van der Waals surface area contributed by atoms with Gasteiger partial charge in [-0.1, -0.05) is 29.3 Å². The third-order valence-electron chi connectivity index (χ3n) is 4.43. The van der Waals surface area contributed by atoms with E-state index in [4.69, 9.17) is 11.6 Å². The molecule has 0 aromatic heterocycles. The number of carbonyl (C=O) groups excluding carboxylic acids is 1. The standard InChI is InChI=1S/C19H21ClFN3O/c1-13-3-6-18(14(2)11-13)23-7-9-24(10-8-23)19(25)22-15-4-5-17(21)16(20)12-15/h3-6,11-12H,7-10H2,1-2H3,(H,22,25). The van der Waals surface area contributed by atoms with E-state index < -0.39 is 5.82 Å². The Hall–Kier alpha value is -2.27. The average molecular weight is 362 g/mol. The van der Waals surface area contributed by atoms with Gasteiger partial charge < -0.3 is 15.1 Å². The molecule has 0 unspecified atom stereocenters. The fourth-order valence-electron chi connectivity index (χ4n) is 3.09. The van der Waals surface area contributed by atoms with Crippen LogP contribution < -0.4 is 10.2 Å². The van der Waals surface area contributed by atoms with Gasteiger partial charge in [-0.2, -0.15) is 0 Å². The van der Waals surface area contributed by atoms with Gasteiger partial charge in [0.2, 0.25) is 0 Å². The summed E-state index contributed by atoms with van der Waals surface area (Å²) in [5, 5.41) is 2.77. The first-order chi connectivity index (χ1) is 11.9. The predicted octanol–water partition coefficient (Wildman–Crippen LogP) is 4.45. The van der Waals surface area contributed by atoms with Crippen molar-refractivity contribution >= 4 is 29.0 Å². The van der Waals surface area contributed by atoms with Crippen LogP contribution in [0.3, 0.4) is 0 Å². The minimum absolute atomic E-state index is 0.00235. The highest BCUT2D eigenvalue weighted by Gasteiger charge is 2.22. The molecule has 6 heteroatoms. The lowest BCUT2D eigenvalue weighted by atomic mass is 10.1. The van der Waals surface area contributed by atoms with Gasteiger partial charge in [0, 0.05) is 37.6 Å². The minimum Gasteiger partial charge on any atom is -0.368 e. The van der Waals surface area contributed by atoms with E-state index in [0.717, 1.165) is 13.1 Å². The van der Waals surface area contributed by atoms with Gasteiger partial charge in [0.1, 0.15) is 5.82 Å². The second-order valence-corrected chi connectivity index (χ2v) is 6.73. The summed E-state index contributed by atoms with van der Waals surface area (Å²) in [5.41, 5.74) is 4.21. The fraction of sp³-hybridized carbons (Fsp3) is 0.316. The molecule has 0 radical (unpaired) electrons. The first kappa shape index (κ1) is 17.5. The van der Waals surface area contributed by atoms with Gasteiger partial charge in [-0.3, -0.25) is 0 Å². The summed E-state index contributed by atoms with van der Waals surface area (Å²) in [6.45, 7) is 7.02. The number of nitrogens with one attached hydrogen (secondary N) is 1. The van der Waals surface area contributed by atoms with Crippen molar-refractivity contribution in [2.24, 2.45) is 0 Å². The normalized spacial score (nSPS) is 14.6. The smallest absolute Gasteiger partial charge is 0.321 e. The molecule has 1 fully saturated rings. The monoisotopic (exact) mass is 361 g/mol. The predicted molar refractivity (Wildman–Crippen MR) is 100 cm³/mol. The van der Waals surface area contributed by atoms with Crippen LogP contribution in [-0.4, -0.2) is 37.1 Å². The van der Waals surface area contributed by atoms with E-state index in [1.54, 1.807) is 4.90 Å². The first-order valence-electron chi connectivity index (χ1n) is 8.27. The topological polar surface area (TPSA) is 35.6 Å². The lowest BCUT2D eigenvalue weighted by molar-refractivity contribution is 0.208. The van der Waals surface area contributed by atoms with E-state index in [2.05, 4.69) is 42.3 Å². The molecule has 132 valence electrons. The number of piperazine rings is 1. The lowest BCUT2D eigenvalue weighted by Crippen LogP contribution is -2.50. The van der Waals surface area contributed by atoms with Gasteiger partial charge in [-0.05, 0) is 43.7 Å². The highest BCUT2D eigenvalue weighted by molar-refractivity contribution is 6.31. The highest BCUT2D eigenvalue weighted by Crippen LogP contribution is 2.23. The van der Waals surface area contributed by atoms with Crippen LogP contribution in [-0.2, 0) is 0 Å². The third kappa shape index (κ3) is 4.04. The van der Waals surface area contributed by atoms with Crippen LogP contribution in [0.2, 0.25) is 5.02 Å². The molecule has 1 heterocycles. The molecule has 0 spiro atoms. The van der Waals surface area contributed by atoms with E-state index in [0.29, 0.717) is 18.8 Å². The molecule has 2 aromatic carbocycles. The average Bonchev–Trinajstić information content (AvgIpc) is 2.58. The molecular weight excluding hydrogens is 341 g/mol. The Morgan fingerprint density at radius 3 is 2.44 bits per heavy atom. The summed E-state index contributed by atoms with van der Waals surface area (Å²) in [6, 6.07) is 10.4. The number of hydrogen-bond donors (Lipinski definition) is 1. The fourth-order valence-corrected chi connectivity index (χ4v) is 3.27. The van der Waals surface area contributed by atoms with E-state index in [1.165, 1.54) is 35.0 Å². The Balaban J connectivity index is 1.59. The van der Waals surface area contributed by atoms with E-state index in [9.17, 15) is 9.18 Å². The Morgan fingerprint density at radius 2 is 1.80 bits per heavy atom. The molecule has 2 aromatic rings. The molecule has 2 amide bonds. The van der Waals surface area contributed by atoms with Gasteiger partial charge in [0.25, 0.3) is 0 Å². The molecular formula is C19H21ClFN3O. The zero-order valence-corrected chi connectivity index (χ0v) is 15.1. The minimum atomic E-state index is -0.498. The number of halogens is 2. The van der Waals surface area contributed by atoms with Crippen molar-refractivity contribution in [3.8, 4) is 0 Å². The summed E-state index contributed by atoms with van der Waals surface area (Å²) in [5.74, 6) is -0.498. The molecule has 1 saturated heterocycles. The third-order valence-corrected chi connectivity index (χ3v) is 4.72. The molecule has 3 rings (SSSR count). The number of amides is 2. The van der Waals surface area contributed by atoms with Crippen molar-refractivity contribution in [2.45, 2.75) is 13.8 Å². The van der Waals surface area contributed by atoms with Crippen LogP contribution in [0.1, 0.15) is 11.1 Å². The highest BCUT2D eigenvalue weighted by atomic mass is 35.5. The van der Waals surface area contributed by atoms with Gasteiger partial charge >= 0.3 is 6.03 Å². The maximum absolute atomic E-state index is 13.2. The SMILES string of the molecule is Cc1ccc(N2CCN(C(=O)Nc3ccc(F)c(Cl)c3)CC2)c(C)c1. The number of urea groups is 1. The maximum atomic E-state index is 13.2. The molecule has 1 aliphatic rings. The van der Waals surface area contributed by atoms with Crippen molar-refractivity contribution in [3.63, 3.8) is 0 Å². The number of aryl methyl sites for hydroxylation is 2. The number of nitrogens with zero attached hydrogens (tertiary/aromatic N) is 2. The van der Waals surface area contributed by atoms with Crippen molar-refractivity contribution in [1.82, 2.24) is 4.90 Å². The van der Waals surface area contributed by atoms with Crippen molar-refractivity contribution in [2.75, 3.05) is 36.4 Å². The first-order valence-corrected chi connectivity index (χ1v) is 8.65. The largest absolute Gasteiger partial charge is 0.368 e. The molecule has 25 heavy (non-hydrogen) atoms. The van der Waals surface area contributed by atoms with Crippen molar-refractivity contribution in [3.05, 3.63) is 58.4 Å². The lowest BCUT2D eigenvalue weighted by Gasteiger charge is -2.36. The van der Waals surface area contributed by atoms with Crippen molar-refractivity contribution in [1.29, 1.82) is 0 Å². The number of rotatable bonds is 2.